The number of pyridine rings is 1. The molecule has 2 rings (SSSR count). The number of nitrogens with one attached hydrogen (secondary N) is 1. The molecule has 2 N–H and O–H groups in total. The number of hydrogen-bond donors (Lipinski definition) is 2. The van der Waals surface area contributed by atoms with E-state index >= 15 is 0 Å². The van der Waals surface area contributed by atoms with Crippen molar-refractivity contribution in [3.8, 4) is 10.6 Å². The van der Waals surface area contributed by atoms with Gasteiger partial charge in [0, 0.05) is 36.3 Å². The predicted molar refractivity (Wildman–Crippen MR) is 78.9 cm³/mol. The van der Waals surface area contributed by atoms with Crippen molar-refractivity contribution in [2.45, 2.75) is 19.3 Å². The lowest BCUT2D eigenvalue weighted by atomic mass is 10.3. The zero-order chi connectivity index (χ0) is 15.1. The van der Waals surface area contributed by atoms with Crippen LogP contribution >= 0.6 is 11.3 Å². The minimum atomic E-state index is -0.857. The van der Waals surface area contributed by atoms with Gasteiger partial charge in [0.05, 0.1) is 12.1 Å². The third kappa shape index (κ3) is 4.96. The summed E-state index contributed by atoms with van der Waals surface area (Å²) in [6.07, 6.45) is 4.11. The molecule has 0 aliphatic heterocycles. The Labute approximate surface area is 125 Å². The average molecular weight is 305 g/mol. The van der Waals surface area contributed by atoms with Crippen LogP contribution in [-0.2, 0) is 16.0 Å². The number of nitrogens with zero attached hydrogens (tertiary/aromatic N) is 2. The molecule has 0 saturated carbocycles. The van der Waals surface area contributed by atoms with Crippen molar-refractivity contribution >= 4 is 23.2 Å². The van der Waals surface area contributed by atoms with Gasteiger partial charge in [0.2, 0.25) is 5.91 Å². The van der Waals surface area contributed by atoms with Crippen molar-refractivity contribution in [3.05, 3.63) is 35.6 Å². The molecular weight excluding hydrogens is 290 g/mol. The Kier molecular flexibility index (Phi) is 5.39. The topological polar surface area (TPSA) is 92.2 Å². The van der Waals surface area contributed by atoms with Crippen molar-refractivity contribution in [3.63, 3.8) is 0 Å². The van der Waals surface area contributed by atoms with Gasteiger partial charge in [0.1, 0.15) is 5.01 Å². The van der Waals surface area contributed by atoms with Crippen LogP contribution < -0.4 is 5.32 Å². The third-order valence-corrected chi connectivity index (χ3v) is 3.63. The van der Waals surface area contributed by atoms with Gasteiger partial charge in [-0.1, -0.05) is 0 Å². The lowest BCUT2D eigenvalue weighted by Crippen LogP contribution is -2.26. The number of rotatable bonds is 7. The predicted octanol–water partition coefficient (Wildman–Crippen LogP) is 1.73. The van der Waals surface area contributed by atoms with Crippen LogP contribution in [-0.4, -0.2) is 33.5 Å². The van der Waals surface area contributed by atoms with Crippen LogP contribution in [0.3, 0.4) is 0 Å². The summed E-state index contributed by atoms with van der Waals surface area (Å²) in [4.78, 5) is 30.5. The summed E-state index contributed by atoms with van der Waals surface area (Å²) in [5, 5.41) is 13.9. The van der Waals surface area contributed by atoms with Gasteiger partial charge in [0.25, 0.3) is 0 Å². The first-order chi connectivity index (χ1) is 10.1. The van der Waals surface area contributed by atoms with Crippen molar-refractivity contribution < 1.29 is 14.7 Å². The maximum absolute atomic E-state index is 11.7. The number of amides is 1. The molecule has 2 aromatic heterocycles. The normalized spacial score (nSPS) is 10.3. The zero-order valence-electron chi connectivity index (χ0n) is 11.3. The monoisotopic (exact) mass is 305 g/mol. The van der Waals surface area contributed by atoms with Crippen LogP contribution in [0.2, 0.25) is 0 Å². The number of carbonyl (C=O) groups is 2. The van der Waals surface area contributed by atoms with E-state index in [0.717, 1.165) is 10.6 Å². The van der Waals surface area contributed by atoms with E-state index in [-0.39, 0.29) is 18.7 Å². The third-order valence-electron chi connectivity index (χ3n) is 2.69. The number of carboxylic acids is 1. The van der Waals surface area contributed by atoms with Crippen molar-refractivity contribution in [1.82, 2.24) is 15.3 Å². The van der Waals surface area contributed by atoms with E-state index in [1.54, 1.807) is 12.4 Å². The SMILES string of the molecule is O=C(O)CCCNC(=O)Cc1csc(-c2cccnc2)n1. The highest BCUT2D eigenvalue weighted by Crippen LogP contribution is 2.22. The van der Waals surface area contributed by atoms with Crippen LogP contribution in [0.15, 0.2) is 29.9 Å². The molecular formula is C14H15N3O3S. The summed E-state index contributed by atoms with van der Waals surface area (Å²) in [5.74, 6) is -1.01. The largest absolute Gasteiger partial charge is 0.481 e. The van der Waals surface area contributed by atoms with Crippen molar-refractivity contribution in [1.29, 1.82) is 0 Å². The molecule has 110 valence electrons. The van der Waals surface area contributed by atoms with Crippen LogP contribution in [0.4, 0.5) is 0 Å². The van der Waals surface area contributed by atoms with E-state index in [0.29, 0.717) is 18.7 Å². The number of thiazole rings is 1. The lowest BCUT2D eigenvalue weighted by molar-refractivity contribution is -0.137. The maximum Gasteiger partial charge on any atom is 0.303 e. The Hall–Kier alpha value is -2.28. The molecule has 0 spiro atoms. The molecule has 6 nitrogen and oxygen atoms in total. The first-order valence-corrected chi connectivity index (χ1v) is 7.36. The summed E-state index contributed by atoms with van der Waals surface area (Å²) in [7, 11) is 0. The Bertz CT molecular complexity index is 613. The fourth-order valence-electron chi connectivity index (χ4n) is 1.70. The van der Waals surface area contributed by atoms with E-state index < -0.39 is 5.97 Å². The van der Waals surface area contributed by atoms with Gasteiger partial charge in [-0.3, -0.25) is 14.6 Å². The second-order valence-electron chi connectivity index (χ2n) is 4.41. The molecule has 1 amide bonds. The van der Waals surface area contributed by atoms with Crippen LogP contribution in [0.5, 0.6) is 0 Å². The number of hydrogen-bond acceptors (Lipinski definition) is 5. The molecule has 0 atom stereocenters. The van der Waals surface area contributed by atoms with Gasteiger partial charge in [-0.25, -0.2) is 4.98 Å². The van der Waals surface area contributed by atoms with Crippen LogP contribution in [0.25, 0.3) is 10.6 Å². The minimum absolute atomic E-state index is 0.0577. The smallest absolute Gasteiger partial charge is 0.303 e. The Balaban J connectivity index is 1.82. The van der Waals surface area contributed by atoms with E-state index in [1.807, 2.05) is 17.5 Å². The van der Waals surface area contributed by atoms with Gasteiger partial charge in [-0.05, 0) is 18.6 Å². The van der Waals surface area contributed by atoms with E-state index in [1.165, 1.54) is 11.3 Å². The van der Waals surface area contributed by atoms with Crippen molar-refractivity contribution in [2.75, 3.05) is 6.54 Å². The molecule has 0 bridgehead atoms. The highest BCUT2D eigenvalue weighted by molar-refractivity contribution is 7.13. The van der Waals surface area contributed by atoms with Crippen LogP contribution in [0, 0.1) is 0 Å². The van der Waals surface area contributed by atoms with E-state index in [2.05, 4.69) is 15.3 Å². The molecule has 0 fully saturated rings. The highest BCUT2D eigenvalue weighted by atomic mass is 32.1. The van der Waals surface area contributed by atoms with E-state index in [4.69, 9.17) is 5.11 Å². The van der Waals surface area contributed by atoms with Gasteiger partial charge in [-0.2, -0.15) is 0 Å². The molecule has 0 unspecified atom stereocenters. The molecule has 0 saturated heterocycles. The molecule has 0 aliphatic carbocycles. The maximum atomic E-state index is 11.7. The summed E-state index contributed by atoms with van der Waals surface area (Å²) in [6, 6.07) is 3.76. The number of aliphatic carboxylic acids is 1. The number of carbonyl (C=O) groups excluding carboxylic acids is 1. The quantitative estimate of drug-likeness (QED) is 0.760. The number of carboxylic acid groups (broad SMARTS) is 1. The Morgan fingerprint density at radius 2 is 2.24 bits per heavy atom. The fraction of sp³-hybridized carbons (Fsp3) is 0.286. The molecule has 2 heterocycles. The van der Waals surface area contributed by atoms with Crippen LogP contribution in [0.1, 0.15) is 18.5 Å². The Morgan fingerprint density at radius 1 is 1.38 bits per heavy atom. The fourth-order valence-corrected chi connectivity index (χ4v) is 2.51. The zero-order valence-corrected chi connectivity index (χ0v) is 12.1. The molecule has 0 aromatic carbocycles. The lowest BCUT2D eigenvalue weighted by Gasteiger charge is -2.02. The summed E-state index contributed by atoms with van der Waals surface area (Å²) >= 11 is 1.47. The second kappa shape index (κ2) is 7.49. The highest BCUT2D eigenvalue weighted by Gasteiger charge is 2.09. The summed E-state index contributed by atoms with van der Waals surface area (Å²) in [6.45, 7) is 0.366. The number of aromatic nitrogens is 2. The Morgan fingerprint density at radius 3 is 2.95 bits per heavy atom. The minimum Gasteiger partial charge on any atom is -0.481 e. The summed E-state index contributed by atoms with van der Waals surface area (Å²) in [5.41, 5.74) is 1.63. The molecule has 2 aromatic rings. The average Bonchev–Trinajstić information content (AvgIpc) is 2.93. The molecule has 0 aliphatic rings. The van der Waals surface area contributed by atoms with Gasteiger partial charge < -0.3 is 10.4 Å². The van der Waals surface area contributed by atoms with Gasteiger partial charge in [0.15, 0.2) is 0 Å². The second-order valence-corrected chi connectivity index (χ2v) is 5.27. The van der Waals surface area contributed by atoms with E-state index in [9.17, 15) is 9.59 Å². The standard InChI is InChI=1S/C14H15N3O3S/c18-12(16-6-2-4-13(19)20)7-11-9-21-14(17-11)10-3-1-5-15-8-10/h1,3,5,8-9H,2,4,6-7H2,(H,16,18)(H,19,20). The first kappa shape index (κ1) is 15.1. The summed E-state index contributed by atoms with van der Waals surface area (Å²) < 4.78 is 0. The molecule has 7 heteroatoms. The molecule has 0 radical (unpaired) electrons. The first-order valence-electron chi connectivity index (χ1n) is 6.48. The van der Waals surface area contributed by atoms with Gasteiger partial charge in [-0.15, -0.1) is 11.3 Å². The van der Waals surface area contributed by atoms with Gasteiger partial charge >= 0.3 is 5.97 Å². The van der Waals surface area contributed by atoms with Crippen molar-refractivity contribution in [2.24, 2.45) is 0 Å². The molecule has 21 heavy (non-hydrogen) atoms.